The van der Waals surface area contributed by atoms with Crippen molar-refractivity contribution in [3.8, 4) is 5.75 Å². The first-order valence-corrected chi connectivity index (χ1v) is 7.92. The maximum absolute atomic E-state index is 12.0. The third-order valence-electron chi connectivity index (χ3n) is 2.57. The quantitative estimate of drug-likeness (QED) is 0.625. The number of alkyl carbamates (subject to hydrolysis) is 1. The maximum atomic E-state index is 12.0. The summed E-state index contributed by atoms with van der Waals surface area (Å²) < 4.78 is 10.3. The molecule has 1 rings (SSSR count). The summed E-state index contributed by atoms with van der Waals surface area (Å²) >= 11 is 0. The molecule has 138 valence electrons. The first kappa shape index (κ1) is 20.5. The Hall–Kier alpha value is -2.57. The number of carbonyl (C=O) groups excluding carboxylic acids is 2. The zero-order valence-electron chi connectivity index (χ0n) is 15.5. The van der Waals surface area contributed by atoms with E-state index >= 15 is 0 Å². The van der Waals surface area contributed by atoms with Gasteiger partial charge in [-0.3, -0.25) is 5.32 Å². The summed E-state index contributed by atoms with van der Waals surface area (Å²) in [6.45, 7) is 10.4. The van der Waals surface area contributed by atoms with Gasteiger partial charge in [0.05, 0.1) is 0 Å². The normalized spacial score (nSPS) is 12.5. The summed E-state index contributed by atoms with van der Waals surface area (Å²) in [5.74, 6) is 0.212. The molecule has 1 aromatic rings. The molecular weight excluding hydrogens is 324 g/mol. The lowest BCUT2D eigenvalue weighted by Gasteiger charge is -2.20. The van der Waals surface area contributed by atoms with Gasteiger partial charge in [-0.2, -0.15) is 4.99 Å². The highest BCUT2D eigenvalue weighted by Gasteiger charge is 2.20. The standard InChI is InChI=1S/C18H26N2O5/c1-17(2,3)24-15(22)19-14(20-16(23)25-18(4,5)6)11-12-7-9-13(21)10-8-12/h7-10,21H,11H2,1-6H3,(H,19,20,22,23). The van der Waals surface area contributed by atoms with Crippen molar-refractivity contribution in [2.75, 3.05) is 0 Å². The van der Waals surface area contributed by atoms with E-state index in [0.717, 1.165) is 5.56 Å². The molecule has 0 aliphatic heterocycles. The number of hydrogen-bond acceptors (Lipinski definition) is 5. The molecule has 0 unspecified atom stereocenters. The number of ether oxygens (including phenoxy) is 2. The second-order valence-electron chi connectivity index (χ2n) is 7.51. The lowest BCUT2D eigenvalue weighted by Crippen LogP contribution is -2.38. The molecule has 0 atom stereocenters. The maximum Gasteiger partial charge on any atom is 0.435 e. The van der Waals surface area contributed by atoms with Crippen molar-refractivity contribution in [3.05, 3.63) is 29.8 Å². The molecule has 0 aromatic heterocycles. The van der Waals surface area contributed by atoms with E-state index in [1.807, 2.05) is 0 Å². The number of phenolic OH excluding ortho intramolecular Hbond substituents is 1. The Balaban J connectivity index is 2.94. The Morgan fingerprint density at radius 3 is 2.00 bits per heavy atom. The van der Waals surface area contributed by atoms with E-state index in [2.05, 4.69) is 10.3 Å². The SMILES string of the molecule is CC(C)(C)OC(=O)N=C(Cc1ccc(O)cc1)NC(=O)OC(C)(C)C. The van der Waals surface area contributed by atoms with Crippen molar-refractivity contribution < 1.29 is 24.2 Å². The van der Waals surface area contributed by atoms with Gasteiger partial charge in [0.2, 0.25) is 0 Å². The number of nitrogens with one attached hydrogen (secondary N) is 1. The summed E-state index contributed by atoms with van der Waals surface area (Å²) in [7, 11) is 0. The number of nitrogens with zero attached hydrogens (tertiary/aromatic N) is 1. The van der Waals surface area contributed by atoms with Crippen molar-refractivity contribution in [1.82, 2.24) is 5.32 Å². The summed E-state index contributed by atoms with van der Waals surface area (Å²) in [6, 6.07) is 6.34. The molecule has 0 aliphatic carbocycles. The van der Waals surface area contributed by atoms with Gasteiger partial charge in [-0.25, -0.2) is 9.59 Å². The molecule has 0 heterocycles. The van der Waals surface area contributed by atoms with E-state index in [9.17, 15) is 14.7 Å². The van der Waals surface area contributed by atoms with Gasteiger partial charge in [0.15, 0.2) is 0 Å². The number of phenols is 1. The number of benzene rings is 1. The first-order chi connectivity index (χ1) is 11.3. The van der Waals surface area contributed by atoms with Gasteiger partial charge in [0.25, 0.3) is 0 Å². The molecule has 0 aliphatic rings. The second kappa shape index (κ2) is 8.00. The highest BCUT2D eigenvalue weighted by Crippen LogP contribution is 2.12. The van der Waals surface area contributed by atoms with E-state index < -0.39 is 23.4 Å². The number of aliphatic imine (C=N–C) groups is 1. The molecule has 2 amide bonds. The van der Waals surface area contributed by atoms with Gasteiger partial charge >= 0.3 is 12.2 Å². The summed E-state index contributed by atoms with van der Waals surface area (Å²) in [6.07, 6.45) is -1.36. The van der Waals surface area contributed by atoms with Crippen LogP contribution in [-0.4, -0.2) is 34.3 Å². The average molecular weight is 350 g/mol. The minimum Gasteiger partial charge on any atom is -0.508 e. The Bertz CT molecular complexity index is 637. The molecule has 7 nitrogen and oxygen atoms in total. The molecule has 2 N–H and O–H groups in total. The first-order valence-electron chi connectivity index (χ1n) is 7.92. The van der Waals surface area contributed by atoms with Gasteiger partial charge in [-0.05, 0) is 59.2 Å². The molecular formula is C18H26N2O5. The van der Waals surface area contributed by atoms with Crippen LogP contribution in [0.4, 0.5) is 9.59 Å². The van der Waals surface area contributed by atoms with Crippen LogP contribution < -0.4 is 5.32 Å². The number of hydrogen-bond donors (Lipinski definition) is 2. The fourth-order valence-electron chi connectivity index (χ4n) is 1.74. The fraction of sp³-hybridized carbons (Fsp3) is 0.500. The van der Waals surface area contributed by atoms with Crippen LogP contribution in [0, 0.1) is 0 Å². The molecule has 0 radical (unpaired) electrons. The van der Waals surface area contributed by atoms with E-state index in [-0.39, 0.29) is 18.0 Å². The van der Waals surface area contributed by atoms with Gasteiger partial charge in [-0.1, -0.05) is 12.1 Å². The third-order valence-corrected chi connectivity index (χ3v) is 2.57. The Morgan fingerprint density at radius 1 is 1.00 bits per heavy atom. The predicted octanol–water partition coefficient (Wildman–Crippen LogP) is 3.79. The van der Waals surface area contributed by atoms with Crippen molar-refractivity contribution in [3.63, 3.8) is 0 Å². The van der Waals surface area contributed by atoms with Crippen LogP contribution in [0.3, 0.4) is 0 Å². The zero-order chi connectivity index (χ0) is 19.3. The second-order valence-corrected chi connectivity index (χ2v) is 7.51. The average Bonchev–Trinajstić information content (AvgIpc) is 2.36. The monoisotopic (exact) mass is 350 g/mol. The van der Waals surface area contributed by atoms with Crippen molar-refractivity contribution in [2.45, 2.75) is 59.2 Å². The zero-order valence-corrected chi connectivity index (χ0v) is 15.5. The van der Waals surface area contributed by atoms with Crippen LogP contribution >= 0.6 is 0 Å². The van der Waals surface area contributed by atoms with Crippen LogP contribution in [-0.2, 0) is 15.9 Å². The Kier molecular flexibility index (Phi) is 6.55. The number of aromatic hydroxyl groups is 1. The van der Waals surface area contributed by atoms with Crippen LogP contribution in [0.15, 0.2) is 29.3 Å². The van der Waals surface area contributed by atoms with Crippen LogP contribution in [0.5, 0.6) is 5.75 Å². The highest BCUT2D eigenvalue weighted by atomic mass is 16.6. The summed E-state index contributed by atoms with van der Waals surface area (Å²) in [4.78, 5) is 27.7. The predicted molar refractivity (Wildman–Crippen MR) is 94.8 cm³/mol. The smallest absolute Gasteiger partial charge is 0.435 e. The molecule has 0 fully saturated rings. The van der Waals surface area contributed by atoms with Gasteiger partial charge in [0.1, 0.15) is 22.8 Å². The number of rotatable bonds is 2. The largest absolute Gasteiger partial charge is 0.508 e. The van der Waals surface area contributed by atoms with E-state index in [0.29, 0.717) is 0 Å². The summed E-state index contributed by atoms with van der Waals surface area (Å²) in [5.41, 5.74) is -0.633. The molecule has 0 saturated carbocycles. The molecule has 0 bridgehead atoms. The van der Waals surface area contributed by atoms with Crippen molar-refractivity contribution >= 4 is 18.0 Å². The van der Waals surface area contributed by atoms with Crippen LogP contribution in [0.1, 0.15) is 47.1 Å². The van der Waals surface area contributed by atoms with Gasteiger partial charge in [-0.15, -0.1) is 0 Å². The van der Waals surface area contributed by atoms with Gasteiger partial charge < -0.3 is 14.6 Å². The minimum atomic E-state index is -0.808. The van der Waals surface area contributed by atoms with Crippen molar-refractivity contribution in [1.29, 1.82) is 0 Å². The highest BCUT2D eigenvalue weighted by molar-refractivity contribution is 6.01. The third kappa shape index (κ3) is 9.34. The minimum absolute atomic E-state index is 0.0918. The summed E-state index contributed by atoms with van der Waals surface area (Å²) in [5, 5.41) is 11.8. The Labute approximate surface area is 148 Å². The van der Waals surface area contributed by atoms with Crippen LogP contribution in [0.2, 0.25) is 0 Å². The molecule has 25 heavy (non-hydrogen) atoms. The number of carbonyl (C=O) groups is 2. The van der Waals surface area contributed by atoms with E-state index in [1.165, 1.54) is 12.1 Å². The van der Waals surface area contributed by atoms with Crippen molar-refractivity contribution in [2.24, 2.45) is 4.99 Å². The fourth-order valence-corrected chi connectivity index (χ4v) is 1.74. The van der Waals surface area contributed by atoms with E-state index in [4.69, 9.17) is 9.47 Å². The van der Waals surface area contributed by atoms with E-state index in [1.54, 1.807) is 53.7 Å². The molecule has 1 aromatic carbocycles. The Morgan fingerprint density at radius 2 is 1.52 bits per heavy atom. The lowest BCUT2D eigenvalue weighted by molar-refractivity contribution is 0.0561. The number of amides is 2. The molecule has 7 heteroatoms. The lowest BCUT2D eigenvalue weighted by atomic mass is 10.1. The van der Waals surface area contributed by atoms with Crippen LogP contribution in [0.25, 0.3) is 0 Å². The van der Waals surface area contributed by atoms with Gasteiger partial charge in [0, 0.05) is 6.42 Å². The topological polar surface area (TPSA) is 97.2 Å². The molecule has 0 spiro atoms. The molecule has 0 saturated heterocycles. The number of amidine groups is 1.